The van der Waals surface area contributed by atoms with Gasteiger partial charge in [0.2, 0.25) is 11.7 Å². The van der Waals surface area contributed by atoms with E-state index in [0.29, 0.717) is 24.1 Å². The summed E-state index contributed by atoms with van der Waals surface area (Å²) in [5.41, 5.74) is 5.08. The van der Waals surface area contributed by atoms with Crippen molar-refractivity contribution >= 4 is 23.6 Å². The molecule has 2 amide bonds. The van der Waals surface area contributed by atoms with Crippen molar-refractivity contribution in [3.8, 4) is 0 Å². The summed E-state index contributed by atoms with van der Waals surface area (Å²) < 4.78 is 14.8. The number of nitrogens with one attached hydrogen (secondary N) is 3. The number of aryl methyl sites for hydroxylation is 1. The predicted molar refractivity (Wildman–Crippen MR) is 106 cm³/mol. The SMILES string of the molecule is Cc1nc(NNC(=O)[C@@H](CNC(=O)O)CC2CCCC2)c(F)c(N2CC(C)C2)n1. The van der Waals surface area contributed by atoms with Crippen LogP contribution in [0.25, 0.3) is 0 Å². The third-order valence-electron chi connectivity index (χ3n) is 5.58. The number of rotatable bonds is 8. The number of halogens is 1. The van der Waals surface area contributed by atoms with Crippen molar-refractivity contribution < 1.29 is 19.1 Å². The monoisotopic (exact) mass is 408 g/mol. The maximum Gasteiger partial charge on any atom is 0.404 e. The Balaban J connectivity index is 1.64. The fraction of sp³-hybridized carbons (Fsp3) is 0.684. The van der Waals surface area contributed by atoms with Gasteiger partial charge in [-0.2, -0.15) is 4.39 Å². The zero-order valence-corrected chi connectivity index (χ0v) is 16.9. The lowest BCUT2D eigenvalue weighted by Crippen LogP contribution is -2.46. The number of carbonyl (C=O) groups is 2. The van der Waals surface area contributed by atoms with Crippen LogP contribution in [0.15, 0.2) is 0 Å². The van der Waals surface area contributed by atoms with E-state index in [1.165, 1.54) is 0 Å². The van der Waals surface area contributed by atoms with E-state index in [-0.39, 0.29) is 24.1 Å². The molecule has 1 aliphatic carbocycles. The summed E-state index contributed by atoms with van der Waals surface area (Å²) in [6.45, 7) is 5.21. The Morgan fingerprint density at radius 3 is 2.59 bits per heavy atom. The van der Waals surface area contributed by atoms with Crippen molar-refractivity contribution in [3.05, 3.63) is 11.6 Å². The van der Waals surface area contributed by atoms with Crippen LogP contribution >= 0.6 is 0 Å². The Hall–Kier alpha value is -2.65. The van der Waals surface area contributed by atoms with E-state index in [4.69, 9.17) is 5.11 Å². The van der Waals surface area contributed by atoms with Crippen molar-refractivity contribution in [2.75, 3.05) is 30.0 Å². The molecule has 9 nitrogen and oxygen atoms in total. The Kier molecular flexibility index (Phi) is 6.71. The molecule has 0 spiro atoms. The zero-order valence-electron chi connectivity index (χ0n) is 16.9. The van der Waals surface area contributed by atoms with Crippen LogP contribution in [-0.2, 0) is 4.79 Å². The number of carboxylic acid groups (broad SMARTS) is 1. The Morgan fingerprint density at radius 2 is 1.97 bits per heavy atom. The number of aromatic nitrogens is 2. The van der Waals surface area contributed by atoms with Crippen LogP contribution in [0.5, 0.6) is 0 Å². The van der Waals surface area contributed by atoms with Gasteiger partial charge in [-0.1, -0.05) is 32.6 Å². The average Bonchev–Trinajstić information content (AvgIpc) is 3.15. The molecule has 2 heterocycles. The second kappa shape index (κ2) is 9.23. The molecule has 29 heavy (non-hydrogen) atoms. The highest BCUT2D eigenvalue weighted by atomic mass is 19.1. The highest BCUT2D eigenvalue weighted by Gasteiger charge is 2.29. The molecule has 1 aromatic rings. The summed E-state index contributed by atoms with van der Waals surface area (Å²) in [7, 11) is 0. The fourth-order valence-electron chi connectivity index (χ4n) is 4.07. The number of amides is 2. The van der Waals surface area contributed by atoms with Gasteiger partial charge in [0.15, 0.2) is 11.6 Å². The fourth-order valence-corrected chi connectivity index (χ4v) is 4.07. The summed E-state index contributed by atoms with van der Waals surface area (Å²) >= 11 is 0. The summed E-state index contributed by atoms with van der Waals surface area (Å²) in [5.74, 6) is -0.123. The Labute approximate surface area is 169 Å². The molecule has 1 atom stereocenters. The van der Waals surface area contributed by atoms with Crippen LogP contribution in [0.2, 0.25) is 0 Å². The molecule has 4 N–H and O–H groups in total. The highest BCUT2D eigenvalue weighted by molar-refractivity contribution is 5.80. The molecule has 1 saturated heterocycles. The first-order chi connectivity index (χ1) is 13.8. The lowest BCUT2D eigenvalue weighted by atomic mass is 9.92. The maximum absolute atomic E-state index is 14.8. The first-order valence-electron chi connectivity index (χ1n) is 10.1. The van der Waals surface area contributed by atoms with Crippen molar-refractivity contribution in [1.82, 2.24) is 20.7 Å². The van der Waals surface area contributed by atoms with Gasteiger partial charge >= 0.3 is 6.09 Å². The number of hydrogen-bond donors (Lipinski definition) is 4. The molecule has 2 aliphatic rings. The van der Waals surface area contributed by atoms with E-state index in [9.17, 15) is 14.0 Å². The molecular weight excluding hydrogens is 379 g/mol. The van der Waals surface area contributed by atoms with Crippen LogP contribution < -0.4 is 21.1 Å². The molecule has 3 rings (SSSR count). The minimum atomic E-state index is -1.17. The Bertz CT molecular complexity index is 750. The predicted octanol–water partition coefficient (Wildman–Crippen LogP) is 2.29. The molecule has 0 aromatic carbocycles. The summed E-state index contributed by atoms with van der Waals surface area (Å²) in [5, 5.41) is 11.2. The molecule has 0 bridgehead atoms. The molecule has 0 radical (unpaired) electrons. The first-order valence-corrected chi connectivity index (χ1v) is 10.1. The standard InChI is InChI=1S/C19H29FN6O3/c1-11-9-26(10-11)17-15(20)16(22-12(2)23-17)24-25-18(27)14(8-21-19(28)29)7-13-5-3-4-6-13/h11,13-14,21H,3-10H2,1-2H3,(H,25,27)(H,28,29)(H,22,23,24)/t14-/m1/s1. The summed E-state index contributed by atoms with van der Waals surface area (Å²) in [6, 6.07) is 0. The van der Waals surface area contributed by atoms with E-state index in [0.717, 1.165) is 38.8 Å². The van der Waals surface area contributed by atoms with Crippen LogP contribution in [0.4, 0.5) is 20.8 Å². The number of carbonyl (C=O) groups excluding carboxylic acids is 1. The van der Waals surface area contributed by atoms with E-state index in [1.54, 1.807) is 6.92 Å². The number of hydrazine groups is 1. The molecule has 160 valence electrons. The maximum atomic E-state index is 14.8. The van der Waals surface area contributed by atoms with Gasteiger partial charge in [0.1, 0.15) is 5.82 Å². The van der Waals surface area contributed by atoms with Crippen molar-refractivity contribution in [1.29, 1.82) is 0 Å². The van der Waals surface area contributed by atoms with Crippen molar-refractivity contribution in [3.63, 3.8) is 0 Å². The van der Waals surface area contributed by atoms with Gasteiger partial charge in [-0.05, 0) is 25.2 Å². The molecular formula is C19H29FN6O3. The molecule has 2 fully saturated rings. The van der Waals surface area contributed by atoms with Gasteiger partial charge in [-0.15, -0.1) is 0 Å². The quantitative estimate of drug-likeness (QED) is 0.487. The second-order valence-electron chi connectivity index (χ2n) is 8.15. The Morgan fingerprint density at radius 1 is 1.28 bits per heavy atom. The van der Waals surface area contributed by atoms with Gasteiger partial charge in [-0.25, -0.2) is 14.8 Å². The van der Waals surface area contributed by atoms with Crippen molar-refractivity contribution in [2.24, 2.45) is 17.8 Å². The van der Waals surface area contributed by atoms with Crippen LogP contribution in [0, 0.1) is 30.5 Å². The molecule has 1 saturated carbocycles. The molecule has 1 aliphatic heterocycles. The van der Waals surface area contributed by atoms with Crippen molar-refractivity contribution in [2.45, 2.75) is 46.0 Å². The van der Waals surface area contributed by atoms with E-state index in [2.05, 4.69) is 33.1 Å². The topological polar surface area (TPSA) is 119 Å². The lowest BCUT2D eigenvalue weighted by Gasteiger charge is -2.38. The van der Waals surface area contributed by atoms with Gasteiger partial charge in [0.25, 0.3) is 0 Å². The molecule has 0 unspecified atom stereocenters. The van der Waals surface area contributed by atoms with Gasteiger partial charge in [0.05, 0.1) is 5.92 Å². The normalized spacial score (nSPS) is 18.2. The third kappa shape index (κ3) is 5.45. The lowest BCUT2D eigenvalue weighted by molar-refractivity contribution is -0.124. The largest absolute Gasteiger partial charge is 0.465 e. The summed E-state index contributed by atoms with van der Waals surface area (Å²) in [6.07, 6.45) is 3.77. The smallest absolute Gasteiger partial charge is 0.404 e. The number of nitrogens with zero attached hydrogens (tertiary/aromatic N) is 3. The highest BCUT2D eigenvalue weighted by Crippen LogP contribution is 2.31. The second-order valence-corrected chi connectivity index (χ2v) is 8.15. The van der Waals surface area contributed by atoms with E-state index in [1.807, 2.05) is 4.90 Å². The minimum absolute atomic E-state index is 0.0154. The third-order valence-corrected chi connectivity index (χ3v) is 5.58. The van der Waals surface area contributed by atoms with Crippen LogP contribution in [0.1, 0.15) is 44.9 Å². The number of hydrogen-bond acceptors (Lipinski definition) is 6. The average molecular weight is 408 g/mol. The van der Waals surface area contributed by atoms with Gasteiger partial charge in [-0.3, -0.25) is 15.6 Å². The van der Waals surface area contributed by atoms with Crippen LogP contribution in [-0.4, -0.2) is 46.7 Å². The first kappa shape index (κ1) is 21.1. The minimum Gasteiger partial charge on any atom is -0.465 e. The number of anilines is 2. The van der Waals surface area contributed by atoms with E-state index < -0.39 is 17.8 Å². The van der Waals surface area contributed by atoms with Gasteiger partial charge < -0.3 is 15.3 Å². The zero-order chi connectivity index (χ0) is 21.0. The van der Waals surface area contributed by atoms with Gasteiger partial charge in [0, 0.05) is 19.6 Å². The van der Waals surface area contributed by atoms with Crippen LogP contribution in [0.3, 0.4) is 0 Å². The summed E-state index contributed by atoms with van der Waals surface area (Å²) in [4.78, 5) is 33.6. The molecule has 1 aromatic heterocycles. The van der Waals surface area contributed by atoms with E-state index >= 15 is 0 Å². The molecule has 10 heteroatoms.